The number of aromatic nitrogens is 2. The van der Waals surface area contributed by atoms with Gasteiger partial charge < -0.3 is 9.47 Å². The predicted molar refractivity (Wildman–Crippen MR) is 64.5 cm³/mol. The second-order valence-electron chi connectivity index (χ2n) is 3.60. The average molecular weight is 240 g/mol. The Balaban J connectivity index is 2.63. The highest BCUT2D eigenvalue weighted by Crippen LogP contribution is 2.19. The zero-order valence-electron chi connectivity index (χ0n) is 10.7. The van der Waals surface area contributed by atoms with Crippen molar-refractivity contribution in [1.29, 1.82) is 0 Å². The molecule has 5 nitrogen and oxygen atoms in total. The van der Waals surface area contributed by atoms with Crippen LogP contribution in [0.3, 0.4) is 0 Å². The molecule has 1 heterocycles. The van der Waals surface area contributed by atoms with Crippen molar-refractivity contribution in [2.45, 2.75) is 33.2 Å². The molecule has 96 valence electrons. The van der Waals surface area contributed by atoms with Gasteiger partial charge in [0, 0.05) is 26.2 Å². The van der Waals surface area contributed by atoms with Crippen molar-refractivity contribution >= 4 is 5.78 Å². The van der Waals surface area contributed by atoms with E-state index < -0.39 is 0 Å². The first-order chi connectivity index (χ1) is 8.24. The molecule has 1 rings (SSSR count). The van der Waals surface area contributed by atoms with E-state index in [0.29, 0.717) is 37.6 Å². The summed E-state index contributed by atoms with van der Waals surface area (Å²) in [5, 5.41) is 4.11. The molecule has 0 aliphatic heterocycles. The molecule has 0 radical (unpaired) electrons. The maximum atomic E-state index is 12.0. The van der Waals surface area contributed by atoms with E-state index in [1.165, 1.54) is 0 Å². The monoisotopic (exact) mass is 240 g/mol. The third kappa shape index (κ3) is 3.56. The number of ketones is 1. The summed E-state index contributed by atoms with van der Waals surface area (Å²) in [6, 6.07) is 0. The van der Waals surface area contributed by atoms with Gasteiger partial charge in [0.1, 0.15) is 5.69 Å². The number of ether oxygens (including phenoxy) is 2. The van der Waals surface area contributed by atoms with Gasteiger partial charge in [0.25, 0.3) is 0 Å². The van der Waals surface area contributed by atoms with Crippen LogP contribution in [0.1, 0.15) is 37.2 Å². The molecule has 0 saturated heterocycles. The highest BCUT2D eigenvalue weighted by molar-refractivity contribution is 5.96. The van der Waals surface area contributed by atoms with Crippen molar-refractivity contribution in [3.63, 3.8) is 0 Å². The van der Waals surface area contributed by atoms with Gasteiger partial charge in [-0.15, -0.1) is 0 Å². The van der Waals surface area contributed by atoms with Crippen molar-refractivity contribution in [2.24, 2.45) is 0 Å². The zero-order chi connectivity index (χ0) is 12.7. The Kier molecular flexibility index (Phi) is 5.69. The number of rotatable bonds is 8. The van der Waals surface area contributed by atoms with E-state index in [1.54, 1.807) is 18.0 Å². The van der Waals surface area contributed by atoms with Crippen molar-refractivity contribution in [3.8, 4) is 5.75 Å². The highest BCUT2D eigenvalue weighted by Gasteiger charge is 2.17. The first-order valence-corrected chi connectivity index (χ1v) is 5.95. The number of hydrogen-bond acceptors (Lipinski definition) is 4. The number of carbonyl (C=O) groups is 1. The van der Waals surface area contributed by atoms with E-state index in [-0.39, 0.29) is 5.78 Å². The van der Waals surface area contributed by atoms with E-state index in [0.717, 1.165) is 6.42 Å². The molecular formula is C12H20N2O3. The summed E-state index contributed by atoms with van der Waals surface area (Å²) < 4.78 is 12.0. The highest BCUT2D eigenvalue weighted by atomic mass is 16.5. The maximum absolute atomic E-state index is 12.0. The maximum Gasteiger partial charge on any atom is 0.184 e. The molecule has 0 fully saturated rings. The van der Waals surface area contributed by atoms with Gasteiger partial charge in [-0.05, 0) is 20.3 Å². The van der Waals surface area contributed by atoms with Crippen molar-refractivity contribution in [1.82, 2.24) is 9.78 Å². The fourth-order valence-corrected chi connectivity index (χ4v) is 1.64. The minimum atomic E-state index is 0.0564. The summed E-state index contributed by atoms with van der Waals surface area (Å²) in [5.41, 5.74) is 0.562. The van der Waals surface area contributed by atoms with Crippen LogP contribution in [-0.2, 0) is 11.3 Å². The van der Waals surface area contributed by atoms with Crippen LogP contribution in [0.4, 0.5) is 0 Å². The molecule has 1 aromatic heterocycles. The Morgan fingerprint density at radius 3 is 2.82 bits per heavy atom. The van der Waals surface area contributed by atoms with Crippen LogP contribution in [0, 0.1) is 0 Å². The van der Waals surface area contributed by atoms with Crippen LogP contribution in [0.2, 0.25) is 0 Å². The molecular weight excluding hydrogens is 220 g/mol. The smallest absolute Gasteiger partial charge is 0.184 e. The van der Waals surface area contributed by atoms with Gasteiger partial charge in [-0.2, -0.15) is 5.10 Å². The molecule has 0 aliphatic rings. The van der Waals surface area contributed by atoms with Crippen LogP contribution in [0.15, 0.2) is 6.20 Å². The Hall–Kier alpha value is -1.36. The molecule has 0 bridgehead atoms. The second-order valence-corrected chi connectivity index (χ2v) is 3.60. The van der Waals surface area contributed by atoms with Crippen LogP contribution in [0.5, 0.6) is 5.75 Å². The quantitative estimate of drug-likeness (QED) is 0.514. The standard InChI is InChI=1S/C12H20N2O3/c1-4-14-12(11(16-3)9-13-14)10(15)7-6-8-17-5-2/h9H,4-8H2,1-3H3. The van der Waals surface area contributed by atoms with Crippen LogP contribution in [0.25, 0.3) is 0 Å². The van der Waals surface area contributed by atoms with Crippen molar-refractivity contribution in [2.75, 3.05) is 20.3 Å². The van der Waals surface area contributed by atoms with E-state index in [9.17, 15) is 4.79 Å². The zero-order valence-corrected chi connectivity index (χ0v) is 10.7. The topological polar surface area (TPSA) is 53.4 Å². The number of Topliss-reactive ketones (excluding diaryl/α,β-unsaturated/α-hetero) is 1. The number of methoxy groups -OCH3 is 1. The van der Waals surface area contributed by atoms with Crippen LogP contribution < -0.4 is 4.74 Å². The Bertz CT molecular complexity index is 339. The third-order valence-electron chi connectivity index (χ3n) is 2.49. The second kappa shape index (κ2) is 7.06. The Labute approximate surface area is 102 Å². The Morgan fingerprint density at radius 1 is 1.47 bits per heavy atom. The molecule has 0 atom stereocenters. The third-order valence-corrected chi connectivity index (χ3v) is 2.49. The van der Waals surface area contributed by atoms with E-state index in [4.69, 9.17) is 9.47 Å². The van der Waals surface area contributed by atoms with E-state index in [1.807, 2.05) is 13.8 Å². The number of aryl methyl sites for hydroxylation is 1. The van der Waals surface area contributed by atoms with Gasteiger partial charge >= 0.3 is 0 Å². The molecule has 5 heteroatoms. The summed E-state index contributed by atoms with van der Waals surface area (Å²) in [4.78, 5) is 12.0. The summed E-state index contributed by atoms with van der Waals surface area (Å²) in [6.07, 6.45) is 2.77. The van der Waals surface area contributed by atoms with Gasteiger partial charge in [-0.25, -0.2) is 0 Å². The molecule has 0 spiro atoms. The van der Waals surface area contributed by atoms with Crippen molar-refractivity contribution in [3.05, 3.63) is 11.9 Å². The lowest BCUT2D eigenvalue weighted by molar-refractivity contribution is 0.0934. The number of carbonyl (C=O) groups excluding carboxylic acids is 1. The molecule has 0 unspecified atom stereocenters. The molecule has 0 aromatic carbocycles. The fraction of sp³-hybridized carbons (Fsp3) is 0.667. The molecule has 17 heavy (non-hydrogen) atoms. The summed E-state index contributed by atoms with van der Waals surface area (Å²) in [6.45, 7) is 5.85. The van der Waals surface area contributed by atoms with Gasteiger partial charge in [-0.1, -0.05) is 0 Å². The van der Waals surface area contributed by atoms with Crippen LogP contribution >= 0.6 is 0 Å². The number of nitrogens with zero attached hydrogens (tertiary/aromatic N) is 2. The number of hydrogen-bond donors (Lipinski definition) is 0. The minimum Gasteiger partial charge on any atom is -0.493 e. The van der Waals surface area contributed by atoms with Crippen molar-refractivity contribution < 1.29 is 14.3 Å². The lowest BCUT2D eigenvalue weighted by Gasteiger charge is -2.06. The lowest BCUT2D eigenvalue weighted by Crippen LogP contribution is -2.11. The molecule has 0 saturated carbocycles. The largest absolute Gasteiger partial charge is 0.493 e. The van der Waals surface area contributed by atoms with Gasteiger partial charge in [0.2, 0.25) is 0 Å². The summed E-state index contributed by atoms with van der Waals surface area (Å²) in [5.74, 6) is 0.606. The van der Waals surface area contributed by atoms with Gasteiger partial charge in [0.05, 0.1) is 13.3 Å². The molecule has 0 N–H and O–H groups in total. The lowest BCUT2D eigenvalue weighted by atomic mass is 10.1. The summed E-state index contributed by atoms with van der Waals surface area (Å²) in [7, 11) is 1.55. The minimum absolute atomic E-state index is 0.0564. The van der Waals surface area contributed by atoms with Gasteiger partial charge in [-0.3, -0.25) is 9.48 Å². The molecule has 1 aromatic rings. The SMILES string of the molecule is CCOCCCC(=O)c1c(OC)cnn1CC. The first kappa shape index (κ1) is 13.7. The van der Waals surface area contributed by atoms with Gasteiger partial charge in [0.15, 0.2) is 11.5 Å². The normalized spacial score (nSPS) is 10.5. The molecule has 0 amide bonds. The molecule has 0 aliphatic carbocycles. The predicted octanol–water partition coefficient (Wildman–Crippen LogP) is 1.91. The fourth-order valence-electron chi connectivity index (χ4n) is 1.64. The van der Waals surface area contributed by atoms with Crippen LogP contribution in [-0.4, -0.2) is 35.9 Å². The van der Waals surface area contributed by atoms with E-state index >= 15 is 0 Å². The summed E-state index contributed by atoms with van der Waals surface area (Å²) >= 11 is 0. The van der Waals surface area contributed by atoms with E-state index in [2.05, 4.69) is 5.10 Å². The first-order valence-electron chi connectivity index (χ1n) is 5.95. The average Bonchev–Trinajstić information content (AvgIpc) is 2.77. The Morgan fingerprint density at radius 2 is 2.24 bits per heavy atom.